The maximum atomic E-state index is 12.8. The Hall–Kier alpha value is -2.08. The van der Waals surface area contributed by atoms with Crippen LogP contribution in [0.4, 0.5) is 0 Å². The lowest BCUT2D eigenvalue weighted by molar-refractivity contribution is 0.469. The Morgan fingerprint density at radius 2 is 2.12 bits per heavy atom. The van der Waals surface area contributed by atoms with Crippen molar-refractivity contribution in [1.29, 1.82) is 0 Å². The SMILES string of the molecule is CC(C)n1c(SCc2cnc(C3CC3)o2)nc2ccccc2c1=O. The van der Waals surface area contributed by atoms with E-state index in [0.717, 1.165) is 22.3 Å². The average Bonchev–Trinajstić information content (AvgIpc) is 3.31. The van der Waals surface area contributed by atoms with E-state index in [0.29, 0.717) is 17.1 Å². The van der Waals surface area contributed by atoms with Crippen molar-refractivity contribution in [3.8, 4) is 0 Å². The van der Waals surface area contributed by atoms with Gasteiger partial charge in [0.1, 0.15) is 5.76 Å². The summed E-state index contributed by atoms with van der Waals surface area (Å²) in [5.41, 5.74) is 0.743. The zero-order chi connectivity index (χ0) is 16.7. The fourth-order valence-electron chi connectivity index (χ4n) is 2.73. The molecule has 24 heavy (non-hydrogen) atoms. The summed E-state index contributed by atoms with van der Waals surface area (Å²) in [6.07, 6.45) is 4.14. The Morgan fingerprint density at radius 1 is 1.33 bits per heavy atom. The molecule has 1 fully saturated rings. The van der Waals surface area contributed by atoms with Gasteiger partial charge in [0, 0.05) is 12.0 Å². The van der Waals surface area contributed by atoms with Crippen molar-refractivity contribution in [1.82, 2.24) is 14.5 Å². The monoisotopic (exact) mass is 341 g/mol. The third-order valence-electron chi connectivity index (χ3n) is 4.13. The molecule has 2 aromatic heterocycles. The number of rotatable bonds is 5. The first-order valence-corrected chi connectivity index (χ1v) is 9.20. The molecule has 0 N–H and O–H groups in total. The first kappa shape index (κ1) is 15.4. The number of para-hydroxylation sites is 1. The molecule has 0 unspecified atom stereocenters. The van der Waals surface area contributed by atoms with Crippen LogP contribution in [0.3, 0.4) is 0 Å². The molecule has 1 aliphatic carbocycles. The maximum absolute atomic E-state index is 12.8. The van der Waals surface area contributed by atoms with Gasteiger partial charge in [0.15, 0.2) is 11.0 Å². The van der Waals surface area contributed by atoms with Gasteiger partial charge in [-0.1, -0.05) is 23.9 Å². The third kappa shape index (κ3) is 2.86. The van der Waals surface area contributed by atoms with Gasteiger partial charge in [-0.2, -0.15) is 0 Å². The molecule has 0 aliphatic heterocycles. The van der Waals surface area contributed by atoms with Gasteiger partial charge in [-0.15, -0.1) is 0 Å². The van der Waals surface area contributed by atoms with E-state index in [1.165, 1.54) is 24.6 Å². The molecule has 5 nitrogen and oxygen atoms in total. The molecular formula is C18H19N3O2S. The molecule has 124 valence electrons. The summed E-state index contributed by atoms with van der Waals surface area (Å²) in [5, 5.41) is 1.38. The molecule has 0 spiro atoms. The highest BCUT2D eigenvalue weighted by atomic mass is 32.2. The van der Waals surface area contributed by atoms with E-state index in [1.807, 2.05) is 38.1 Å². The van der Waals surface area contributed by atoms with Crippen molar-refractivity contribution in [2.24, 2.45) is 0 Å². The average molecular weight is 341 g/mol. The lowest BCUT2D eigenvalue weighted by Gasteiger charge is -2.15. The van der Waals surface area contributed by atoms with Crippen LogP contribution in [0.1, 0.15) is 50.3 Å². The number of benzene rings is 1. The van der Waals surface area contributed by atoms with Gasteiger partial charge < -0.3 is 4.42 Å². The van der Waals surface area contributed by atoms with Crippen molar-refractivity contribution in [2.45, 2.75) is 49.6 Å². The summed E-state index contributed by atoms with van der Waals surface area (Å²) in [6, 6.07) is 7.54. The van der Waals surface area contributed by atoms with Crippen LogP contribution in [0.2, 0.25) is 0 Å². The van der Waals surface area contributed by atoms with Crippen LogP contribution in [-0.2, 0) is 5.75 Å². The van der Waals surface area contributed by atoms with Crippen molar-refractivity contribution in [2.75, 3.05) is 0 Å². The minimum Gasteiger partial charge on any atom is -0.445 e. The van der Waals surface area contributed by atoms with Gasteiger partial charge in [0.05, 0.1) is 22.9 Å². The number of nitrogens with zero attached hydrogens (tertiary/aromatic N) is 3. The van der Waals surface area contributed by atoms with E-state index >= 15 is 0 Å². The molecule has 1 saturated carbocycles. The Kier molecular flexibility index (Phi) is 3.92. The second-order valence-electron chi connectivity index (χ2n) is 6.41. The van der Waals surface area contributed by atoms with Crippen molar-refractivity contribution >= 4 is 22.7 Å². The van der Waals surface area contributed by atoms with E-state index in [4.69, 9.17) is 9.40 Å². The van der Waals surface area contributed by atoms with E-state index in [-0.39, 0.29) is 11.6 Å². The van der Waals surface area contributed by atoms with Crippen molar-refractivity contribution in [3.05, 3.63) is 52.5 Å². The van der Waals surface area contributed by atoms with E-state index in [9.17, 15) is 4.79 Å². The number of fused-ring (bicyclic) bond motifs is 1. The topological polar surface area (TPSA) is 60.9 Å². The zero-order valence-electron chi connectivity index (χ0n) is 13.7. The van der Waals surface area contributed by atoms with Crippen LogP contribution in [0.25, 0.3) is 10.9 Å². The zero-order valence-corrected chi connectivity index (χ0v) is 14.5. The second kappa shape index (κ2) is 6.09. The highest BCUT2D eigenvalue weighted by molar-refractivity contribution is 7.98. The predicted molar refractivity (Wildman–Crippen MR) is 94.4 cm³/mol. The van der Waals surface area contributed by atoms with E-state index in [1.54, 1.807) is 10.8 Å². The van der Waals surface area contributed by atoms with Gasteiger partial charge in [-0.3, -0.25) is 9.36 Å². The van der Waals surface area contributed by atoms with Crippen molar-refractivity contribution in [3.63, 3.8) is 0 Å². The minimum atomic E-state index is 0.00865. The van der Waals surface area contributed by atoms with Crippen LogP contribution in [-0.4, -0.2) is 14.5 Å². The number of oxazole rings is 1. The van der Waals surface area contributed by atoms with Crippen molar-refractivity contribution < 1.29 is 4.42 Å². The molecule has 0 amide bonds. The summed E-state index contributed by atoms with van der Waals surface area (Å²) in [7, 11) is 0. The minimum absolute atomic E-state index is 0.00865. The fraction of sp³-hybridized carbons (Fsp3) is 0.389. The van der Waals surface area contributed by atoms with Crippen LogP contribution < -0.4 is 5.56 Å². The first-order valence-electron chi connectivity index (χ1n) is 8.22. The largest absolute Gasteiger partial charge is 0.445 e. The van der Waals surface area contributed by atoms with E-state index in [2.05, 4.69) is 4.98 Å². The lowest BCUT2D eigenvalue weighted by Crippen LogP contribution is -2.25. The first-order chi connectivity index (χ1) is 11.6. The smallest absolute Gasteiger partial charge is 0.262 e. The fourth-order valence-corrected chi connectivity index (χ4v) is 3.73. The third-order valence-corrected chi connectivity index (χ3v) is 5.11. The van der Waals surface area contributed by atoms with Gasteiger partial charge >= 0.3 is 0 Å². The summed E-state index contributed by atoms with van der Waals surface area (Å²) in [5.74, 6) is 2.81. The molecule has 1 aliphatic rings. The maximum Gasteiger partial charge on any atom is 0.262 e. The molecule has 0 bridgehead atoms. The second-order valence-corrected chi connectivity index (χ2v) is 7.35. The van der Waals surface area contributed by atoms with Gasteiger partial charge in [-0.05, 0) is 38.8 Å². The molecule has 0 radical (unpaired) electrons. The molecule has 0 saturated heterocycles. The Bertz CT molecular complexity index is 941. The van der Waals surface area contributed by atoms with Gasteiger partial charge in [0.2, 0.25) is 0 Å². The summed E-state index contributed by atoms with van der Waals surface area (Å²) in [4.78, 5) is 21.8. The predicted octanol–water partition coefficient (Wildman–Crippen LogP) is 4.14. The quantitative estimate of drug-likeness (QED) is 0.516. The lowest BCUT2D eigenvalue weighted by atomic mass is 10.2. The number of hydrogen-bond donors (Lipinski definition) is 0. The van der Waals surface area contributed by atoms with Crippen LogP contribution >= 0.6 is 11.8 Å². The highest BCUT2D eigenvalue weighted by Crippen LogP contribution is 2.39. The molecule has 6 heteroatoms. The van der Waals surface area contributed by atoms with Gasteiger partial charge in [-0.25, -0.2) is 9.97 Å². The normalized spacial score (nSPS) is 14.6. The standard InChI is InChI=1S/C18H19N3O2S/c1-11(2)21-17(22)14-5-3-4-6-15(14)20-18(21)24-10-13-9-19-16(23-13)12-7-8-12/h3-6,9,11-12H,7-8,10H2,1-2H3. The molecule has 0 atom stereocenters. The Morgan fingerprint density at radius 3 is 2.88 bits per heavy atom. The summed E-state index contributed by atoms with van der Waals surface area (Å²) < 4.78 is 7.56. The number of aromatic nitrogens is 3. The number of thioether (sulfide) groups is 1. The van der Waals surface area contributed by atoms with Crippen LogP contribution in [0.15, 0.2) is 44.8 Å². The summed E-state index contributed by atoms with van der Waals surface area (Å²) >= 11 is 1.52. The molecule has 3 aromatic rings. The number of hydrogen-bond acceptors (Lipinski definition) is 5. The van der Waals surface area contributed by atoms with Gasteiger partial charge in [0.25, 0.3) is 5.56 Å². The Balaban J connectivity index is 1.66. The molecule has 2 heterocycles. The van der Waals surface area contributed by atoms with Crippen LogP contribution in [0.5, 0.6) is 0 Å². The Labute approximate surface area is 144 Å². The summed E-state index contributed by atoms with van der Waals surface area (Å²) in [6.45, 7) is 4.00. The molecule has 4 rings (SSSR count). The highest BCUT2D eigenvalue weighted by Gasteiger charge is 2.28. The molecular weight excluding hydrogens is 322 g/mol. The van der Waals surface area contributed by atoms with Crippen LogP contribution in [0, 0.1) is 0 Å². The van der Waals surface area contributed by atoms with E-state index < -0.39 is 0 Å². The molecule has 1 aromatic carbocycles.